The molecule has 0 bridgehead atoms. The van der Waals surface area contributed by atoms with Gasteiger partial charge < -0.3 is 0 Å². The smallest absolute Gasteiger partial charge is 0.244 e. The van der Waals surface area contributed by atoms with Crippen molar-refractivity contribution in [3.8, 4) is 0 Å². The number of hydrogen-bond acceptors (Lipinski definition) is 2. The van der Waals surface area contributed by atoms with E-state index < -0.39 is 11.2 Å². The van der Waals surface area contributed by atoms with Gasteiger partial charge >= 0.3 is 0 Å². The van der Waals surface area contributed by atoms with Gasteiger partial charge in [0.25, 0.3) is 0 Å². The number of rotatable bonds is 3. The van der Waals surface area contributed by atoms with Crippen LogP contribution in [0.15, 0.2) is 18.2 Å². The SMILES string of the molecule is CN(C)NC(=O)C(C)(C)c1cc(Cl)ccc1F. The Balaban J connectivity index is 3.11. The standard InChI is InChI=1S/C12H16ClFN2O/c1-12(2,11(17)15-16(3)4)9-7-8(13)5-6-10(9)14/h5-7H,1-4H3,(H,15,17). The van der Waals surface area contributed by atoms with Gasteiger partial charge in [0.2, 0.25) is 5.91 Å². The second-order valence-corrected chi connectivity index (χ2v) is 5.02. The van der Waals surface area contributed by atoms with E-state index in [-0.39, 0.29) is 11.5 Å². The Morgan fingerprint density at radius 3 is 2.53 bits per heavy atom. The second kappa shape index (κ2) is 5.02. The minimum absolute atomic E-state index is 0.282. The summed E-state index contributed by atoms with van der Waals surface area (Å²) in [5.74, 6) is -0.725. The fraction of sp³-hybridized carbons (Fsp3) is 0.417. The lowest BCUT2D eigenvalue weighted by Gasteiger charge is -2.26. The zero-order valence-corrected chi connectivity index (χ0v) is 11.1. The number of hydrazine groups is 1. The van der Waals surface area contributed by atoms with Gasteiger partial charge in [0.1, 0.15) is 5.82 Å². The highest BCUT2D eigenvalue weighted by atomic mass is 35.5. The van der Waals surface area contributed by atoms with E-state index in [0.29, 0.717) is 5.02 Å². The molecule has 0 saturated carbocycles. The molecule has 1 aromatic rings. The maximum absolute atomic E-state index is 13.7. The van der Waals surface area contributed by atoms with Crippen LogP contribution in [0.25, 0.3) is 0 Å². The molecule has 0 aliphatic heterocycles. The average molecular weight is 259 g/mol. The summed E-state index contributed by atoms with van der Waals surface area (Å²) >= 11 is 5.82. The number of benzene rings is 1. The van der Waals surface area contributed by atoms with Gasteiger partial charge in [-0.3, -0.25) is 10.2 Å². The summed E-state index contributed by atoms with van der Waals surface area (Å²) in [6.45, 7) is 3.31. The summed E-state index contributed by atoms with van der Waals surface area (Å²) in [5.41, 5.74) is 1.91. The van der Waals surface area contributed by atoms with Gasteiger partial charge in [-0.25, -0.2) is 9.40 Å². The number of amides is 1. The van der Waals surface area contributed by atoms with Crippen LogP contribution in [0.1, 0.15) is 19.4 Å². The fourth-order valence-electron chi connectivity index (χ4n) is 1.44. The summed E-state index contributed by atoms with van der Waals surface area (Å²) in [4.78, 5) is 12.0. The molecule has 1 rings (SSSR count). The number of nitrogens with zero attached hydrogens (tertiary/aromatic N) is 1. The highest BCUT2D eigenvalue weighted by Crippen LogP contribution is 2.28. The van der Waals surface area contributed by atoms with Gasteiger partial charge in [0.05, 0.1) is 5.41 Å². The summed E-state index contributed by atoms with van der Waals surface area (Å²) in [6.07, 6.45) is 0. The Morgan fingerprint density at radius 1 is 1.41 bits per heavy atom. The Morgan fingerprint density at radius 2 is 2.00 bits per heavy atom. The van der Waals surface area contributed by atoms with Crippen LogP contribution in [0.4, 0.5) is 4.39 Å². The molecule has 5 heteroatoms. The van der Waals surface area contributed by atoms with E-state index in [1.54, 1.807) is 27.9 Å². The Hall–Kier alpha value is -1.13. The molecule has 1 N–H and O–H groups in total. The molecule has 0 aromatic heterocycles. The van der Waals surface area contributed by atoms with Crippen LogP contribution >= 0.6 is 11.6 Å². The predicted octanol–water partition coefficient (Wildman–Crippen LogP) is 2.35. The third kappa shape index (κ3) is 3.17. The molecule has 0 aliphatic rings. The highest BCUT2D eigenvalue weighted by Gasteiger charge is 2.32. The quantitative estimate of drug-likeness (QED) is 0.844. The first-order chi connectivity index (χ1) is 7.75. The van der Waals surface area contributed by atoms with Crippen LogP contribution in [0, 0.1) is 5.82 Å². The Labute approximate surface area is 106 Å². The van der Waals surface area contributed by atoms with Crippen molar-refractivity contribution >= 4 is 17.5 Å². The van der Waals surface area contributed by atoms with Crippen molar-refractivity contribution in [2.24, 2.45) is 0 Å². The zero-order valence-electron chi connectivity index (χ0n) is 10.3. The van der Waals surface area contributed by atoms with Gasteiger partial charge in [-0.15, -0.1) is 0 Å². The second-order valence-electron chi connectivity index (χ2n) is 4.58. The van der Waals surface area contributed by atoms with Gasteiger partial charge in [0.15, 0.2) is 0 Å². The summed E-state index contributed by atoms with van der Waals surface area (Å²) < 4.78 is 13.7. The van der Waals surface area contributed by atoms with E-state index in [4.69, 9.17) is 11.6 Å². The van der Waals surface area contributed by atoms with Crippen LogP contribution in [-0.2, 0) is 10.2 Å². The molecule has 0 saturated heterocycles. The molecule has 0 heterocycles. The van der Waals surface area contributed by atoms with Crippen LogP contribution in [-0.4, -0.2) is 25.0 Å². The first-order valence-corrected chi connectivity index (χ1v) is 5.57. The molecule has 1 aromatic carbocycles. The van der Waals surface area contributed by atoms with Crippen LogP contribution in [0.3, 0.4) is 0 Å². The molecule has 0 radical (unpaired) electrons. The Bertz CT molecular complexity index is 433. The molecule has 3 nitrogen and oxygen atoms in total. The van der Waals surface area contributed by atoms with Gasteiger partial charge in [-0.2, -0.15) is 0 Å². The molecule has 0 unspecified atom stereocenters. The monoisotopic (exact) mass is 258 g/mol. The maximum Gasteiger partial charge on any atom is 0.244 e. The van der Waals surface area contributed by atoms with Gasteiger partial charge in [-0.1, -0.05) is 11.6 Å². The lowest BCUT2D eigenvalue weighted by Crippen LogP contribution is -2.46. The van der Waals surface area contributed by atoms with Crippen molar-refractivity contribution < 1.29 is 9.18 Å². The summed E-state index contributed by atoms with van der Waals surface area (Å²) in [6, 6.07) is 4.20. The first kappa shape index (κ1) is 13.9. The molecular weight excluding hydrogens is 243 g/mol. The van der Waals surface area contributed by atoms with E-state index in [9.17, 15) is 9.18 Å². The van der Waals surface area contributed by atoms with E-state index >= 15 is 0 Å². The zero-order chi connectivity index (χ0) is 13.2. The van der Waals surface area contributed by atoms with E-state index in [2.05, 4.69) is 5.43 Å². The van der Waals surface area contributed by atoms with Crippen molar-refractivity contribution in [1.82, 2.24) is 10.4 Å². The predicted molar refractivity (Wildman–Crippen MR) is 66.3 cm³/mol. The third-order valence-electron chi connectivity index (χ3n) is 2.49. The van der Waals surface area contributed by atoms with Gasteiger partial charge in [0, 0.05) is 24.7 Å². The highest BCUT2D eigenvalue weighted by molar-refractivity contribution is 6.30. The molecule has 1 amide bonds. The maximum atomic E-state index is 13.7. The van der Waals surface area contributed by atoms with Crippen LogP contribution in [0.5, 0.6) is 0 Å². The number of carbonyl (C=O) groups excluding carboxylic acids is 1. The normalized spacial score (nSPS) is 11.7. The molecular formula is C12H16ClFN2O. The van der Waals surface area contributed by atoms with Crippen molar-refractivity contribution in [1.29, 1.82) is 0 Å². The van der Waals surface area contributed by atoms with Crippen molar-refractivity contribution in [3.63, 3.8) is 0 Å². The molecule has 0 fully saturated rings. The van der Waals surface area contributed by atoms with Crippen molar-refractivity contribution in [2.75, 3.05) is 14.1 Å². The fourth-order valence-corrected chi connectivity index (χ4v) is 1.61. The molecule has 0 atom stereocenters. The van der Waals surface area contributed by atoms with Crippen molar-refractivity contribution in [3.05, 3.63) is 34.6 Å². The summed E-state index contributed by atoms with van der Waals surface area (Å²) in [7, 11) is 3.39. The first-order valence-electron chi connectivity index (χ1n) is 5.19. The van der Waals surface area contributed by atoms with Gasteiger partial charge in [-0.05, 0) is 32.0 Å². The number of halogens is 2. The van der Waals surface area contributed by atoms with Crippen LogP contribution < -0.4 is 5.43 Å². The minimum Gasteiger partial charge on any atom is -0.289 e. The lowest BCUT2D eigenvalue weighted by molar-refractivity contribution is -0.129. The largest absolute Gasteiger partial charge is 0.289 e. The topological polar surface area (TPSA) is 32.3 Å². The number of nitrogens with one attached hydrogen (secondary N) is 1. The number of hydrogen-bond donors (Lipinski definition) is 1. The number of carbonyl (C=O) groups is 1. The van der Waals surface area contributed by atoms with E-state index in [1.807, 2.05) is 0 Å². The summed E-state index contributed by atoms with van der Waals surface area (Å²) in [5, 5.41) is 1.93. The average Bonchev–Trinajstić information content (AvgIpc) is 2.20. The van der Waals surface area contributed by atoms with E-state index in [1.165, 1.54) is 23.2 Å². The molecule has 94 valence electrons. The molecule has 0 aliphatic carbocycles. The minimum atomic E-state index is -0.987. The molecule has 17 heavy (non-hydrogen) atoms. The van der Waals surface area contributed by atoms with Crippen LogP contribution in [0.2, 0.25) is 5.02 Å². The Kier molecular flexibility index (Phi) is 4.11. The molecule has 0 spiro atoms. The van der Waals surface area contributed by atoms with Crippen molar-refractivity contribution in [2.45, 2.75) is 19.3 Å². The van der Waals surface area contributed by atoms with E-state index in [0.717, 1.165) is 0 Å². The third-order valence-corrected chi connectivity index (χ3v) is 2.73. The lowest BCUT2D eigenvalue weighted by atomic mass is 9.83.